The third-order valence-corrected chi connectivity index (χ3v) is 14.0. The second kappa shape index (κ2) is 18.8. The first kappa shape index (κ1) is 44.8. The van der Waals surface area contributed by atoms with E-state index in [1.807, 2.05) is 18.2 Å². The van der Waals surface area contributed by atoms with Gasteiger partial charge in [0.05, 0.1) is 22.4 Å². The maximum absolute atomic E-state index is 6.84. The van der Waals surface area contributed by atoms with Crippen molar-refractivity contribution in [2.75, 3.05) is 0 Å². The Balaban J connectivity index is 0.00000528. The number of rotatable bonds is 7. The Kier molecular flexibility index (Phi) is 11.4. The van der Waals surface area contributed by atoms with Gasteiger partial charge in [-0.05, 0) is 61.6 Å². The standard InChI is InChI=1S/C68H42N4O.Pt/c1-4-21-46(22-5-1)52-34-19-37-60-56-30-11-10-29-55(56)57-31-12-13-33-61(57)68(69-66(52)60)72-62-38-15-14-32-58(62)59-42-41-51(44-65(59)72)73-50-28-18-27-49(43-50)70-45-71(64-40-17-16-39-63(64)70)67-53(47-23-6-2-7-24-47)35-20-36-54(67)48-25-8-3-9-26-48;/h1-42H;/q-2;. The molecule has 0 atom stereocenters. The Hall–Kier alpha value is -9.15. The molecule has 74 heavy (non-hydrogen) atoms. The van der Waals surface area contributed by atoms with Crippen molar-refractivity contribution >= 4 is 44.4 Å². The minimum Gasteiger partial charge on any atom is -0.510 e. The number of nitrogens with zero attached hydrogens (tertiary/aromatic N) is 4. The molecule has 5 nitrogen and oxygen atoms in total. The summed E-state index contributed by atoms with van der Waals surface area (Å²) in [5.41, 5.74) is 18.7. The number of hydrogen-bond donors (Lipinski definition) is 0. The van der Waals surface area contributed by atoms with E-state index in [1.165, 1.54) is 0 Å². The average molecular weight is 1130 g/mol. The zero-order chi connectivity index (χ0) is 48.2. The van der Waals surface area contributed by atoms with Gasteiger partial charge in [0.15, 0.2) is 0 Å². The van der Waals surface area contributed by atoms with Crippen molar-refractivity contribution in [1.82, 2.24) is 9.13 Å². The summed E-state index contributed by atoms with van der Waals surface area (Å²) >= 11 is 0. The third kappa shape index (κ3) is 7.60. The SMILES string of the molecule is [Pt].[c-]1c(Oc2[c-]c3c(cc2)c2ccccc2n3C2=Nc3c(-c4ccccc4)cccc3-c3ccccc3-c3ccccc32)cccc1-n1[c-][n+](-c2c(-c3ccccc3)cccc2-c2ccccc2)c2ccccc21. The minimum absolute atomic E-state index is 0. The molecule has 1 aliphatic heterocycles. The monoisotopic (exact) mass is 1130 g/mol. The predicted molar refractivity (Wildman–Crippen MR) is 296 cm³/mol. The second-order valence-electron chi connectivity index (χ2n) is 18.2. The number of aromatic nitrogens is 3. The van der Waals surface area contributed by atoms with Crippen LogP contribution in [0.4, 0.5) is 5.69 Å². The fourth-order valence-corrected chi connectivity index (χ4v) is 10.7. The molecule has 2 aromatic heterocycles. The van der Waals surface area contributed by atoms with E-state index in [9.17, 15) is 0 Å². The van der Waals surface area contributed by atoms with Gasteiger partial charge < -0.3 is 13.9 Å². The summed E-state index contributed by atoms with van der Waals surface area (Å²) in [6.45, 7) is 0. The van der Waals surface area contributed by atoms with E-state index in [2.05, 4.69) is 269 Å². The van der Waals surface area contributed by atoms with Crippen molar-refractivity contribution < 1.29 is 30.4 Å². The van der Waals surface area contributed by atoms with Crippen molar-refractivity contribution in [3.8, 4) is 78.5 Å². The molecule has 0 unspecified atom stereocenters. The topological polar surface area (TPSA) is 35.3 Å². The van der Waals surface area contributed by atoms with Crippen molar-refractivity contribution in [2.45, 2.75) is 0 Å². The van der Waals surface area contributed by atoms with Gasteiger partial charge in [0, 0.05) is 54.8 Å². The smallest absolute Gasteiger partial charge is 0.268 e. The van der Waals surface area contributed by atoms with Gasteiger partial charge in [0.1, 0.15) is 5.84 Å². The molecular formula is C68H42N4OPt-2. The molecule has 0 spiro atoms. The summed E-state index contributed by atoms with van der Waals surface area (Å²) in [6.07, 6.45) is 3.78. The summed E-state index contributed by atoms with van der Waals surface area (Å²) in [4.78, 5) is 5.82. The second-order valence-corrected chi connectivity index (χ2v) is 18.2. The van der Waals surface area contributed by atoms with Crippen LogP contribution in [-0.2, 0) is 21.1 Å². The van der Waals surface area contributed by atoms with Crippen LogP contribution in [0.1, 0.15) is 5.56 Å². The fourth-order valence-electron chi connectivity index (χ4n) is 10.7. The van der Waals surface area contributed by atoms with Gasteiger partial charge in [0.25, 0.3) is 6.33 Å². The summed E-state index contributed by atoms with van der Waals surface area (Å²) in [6, 6.07) is 96.6. The Morgan fingerprint density at radius 1 is 0.378 bits per heavy atom. The van der Waals surface area contributed by atoms with Gasteiger partial charge in [-0.25, -0.2) is 4.99 Å². The van der Waals surface area contributed by atoms with E-state index in [-0.39, 0.29) is 21.1 Å². The molecule has 11 aromatic carbocycles. The van der Waals surface area contributed by atoms with Crippen LogP contribution in [0.5, 0.6) is 11.5 Å². The number of para-hydroxylation sites is 5. The van der Waals surface area contributed by atoms with Gasteiger partial charge >= 0.3 is 0 Å². The Morgan fingerprint density at radius 2 is 0.878 bits per heavy atom. The largest absolute Gasteiger partial charge is 0.510 e. The normalized spacial score (nSPS) is 11.8. The van der Waals surface area contributed by atoms with Gasteiger partial charge in [-0.15, -0.1) is 29.7 Å². The van der Waals surface area contributed by atoms with Crippen LogP contribution in [0.2, 0.25) is 0 Å². The van der Waals surface area contributed by atoms with Gasteiger partial charge in [-0.2, -0.15) is 18.2 Å². The Bertz CT molecular complexity index is 4230. The van der Waals surface area contributed by atoms with Crippen LogP contribution in [-0.4, -0.2) is 15.0 Å². The molecule has 3 heterocycles. The van der Waals surface area contributed by atoms with Crippen LogP contribution < -0.4 is 9.30 Å². The van der Waals surface area contributed by atoms with E-state index in [1.54, 1.807) is 0 Å². The van der Waals surface area contributed by atoms with Crippen LogP contribution in [0.15, 0.2) is 260 Å². The minimum atomic E-state index is 0. The number of ether oxygens (including phenoxy) is 1. The molecule has 0 fully saturated rings. The molecule has 0 N–H and O–H groups in total. The third-order valence-electron chi connectivity index (χ3n) is 14.0. The summed E-state index contributed by atoms with van der Waals surface area (Å²) in [5.74, 6) is 1.91. The maximum Gasteiger partial charge on any atom is 0.268 e. The van der Waals surface area contributed by atoms with Gasteiger partial charge in [-0.3, -0.25) is 4.57 Å². The number of fused-ring (bicyclic) bond motifs is 9. The summed E-state index contributed by atoms with van der Waals surface area (Å²) < 4.78 is 13.4. The van der Waals surface area contributed by atoms with E-state index < -0.39 is 0 Å². The Labute approximate surface area is 443 Å². The number of benzene rings is 11. The van der Waals surface area contributed by atoms with Crippen LogP contribution >= 0.6 is 0 Å². The van der Waals surface area contributed by atoms with E-state index in [0.717, 1.165) is 117 Å². The van der Waals surface area contributed by atoms with Crippen LogP contribution in [0, 0.1) is 18.5 Å². The van der Waals surface area contributed by atoms with Crippen molar-refractivity contribution in [3.63, 3.8) is 0 Å². The summed E-state index contributed by atoms with van der Waals surface area (Å²) in [5, 5.41) is 2.14. The first-order chi connectivity index (χ1) is 36.2. The van der Waals surface area contributed by atoms with Crippen molar-refractivity contribution in [3.05, 3.63) is 279 Å². The number of hydrogen-bond acceptors (Lipinski definition) is 2. The number of imidazole rings is 1. The predicted octanol–water partition coefficient (Wildman–Crippen LogP) is 16.5. The summed E-state index contributed by atoms with van der Waals surface area (Å²) in [7, 11) is 0. The zero-order valence-corrected chi connectivity index (χ0v) is 42.0. The first-order valence-corrected chi connectivity index (χ1v) is 24.6. The molecule has 6 heteroatoms. The van der Waals surface area contributed by atoms with Crippen LogP contribution in [0.3, 0.4) is 0 Å². The molecule has 0 aliphatic carbocycles. The van der Waals surface area contributed by atoms with Gasteiger partial charge in [0.2, 0.25) is 0 Å². The zero-order valence-electron chi connectivity index (χ0n) is 39.8. The van der Waals surface area contributed by atoms with Crippen molar-refractivity contribution in [2.24, 2.45) is 4.99 Å². The first-order valence-electron chi connectivity index (χ1n) is 24.6. The average Bonchev–Trinajstić information content (AvgIpc) is 4.01. The molecular weight excluding hydrogens is 1080 g/mol. The molecule has 352 valence electrons. The van der Waals surface area contributed by atoms with Crippen LogP contribution in [0.25, 0.3) is 99.8 Å². The maximum atomic E-state index is 6.84. The molecule has 1 aliphatic rings. The van der Waals surface area contributed by atoms with E-state index in [4.69, 9.17) is 9.73 Å². The molecule has 0 radical (unpaired) electrons. The van der Waals surface area contributed by atoms with E-state index in [0.29, 0.717) is 11.5 Å². The Morgan fingerprint density at radius 3 is 1.57 bits per heavy atom. The quantitative estimate of drug-likeness (QED) is 0.116. The molecule has 14 rings (SSSR count). The molecule has 0 amide bonds. The molecule has 0 saturated heterocycles. The van der Waals surface area contributed by atoms with E-state index >= 15 is 0 Å². The number of aliphatic imine (C=N–C) groups is 1. The molecule has 0 bridgehead atoms. The van der Waals surface area contributed by atoms with Gasteiger partial charge in [-0.1, -0.05) is 224 Å². The fraction of sp³-hybridized carbons (Fsp3) is 0. The molecule has 0 saturated carbocycles. The molecule has 13 aromatic rings. The van der Waals surface area contributed by atoms with Crippen molar-refractivity contribution in [1.29, 1.82) is 0 Å².